The fourth-order valence-corrected chi connectivity index (χ4v) is 2.32. The first-order valence-electron chi connectivity index (χ1n) is 5.66. The van der Waals surface area contributed by atoms with E-state index >= 15 is 0 Å². The number of benzene rings is 2. The third kappa shape index (κ3) is 3.20. The van der Waals surface area contributed by atoms with Crippen molar-refractivity contribution < 1.29 is 14.3 Å². The molecule has 0 atom stereocenters. The number of para-hydroxylation sites is 1. The monoisotopic (exact) mass is 366 g/mol. The molecule has 0 unspecified atom stereocenters. The first-order chi connectivity index (χ1) is 9.09. The minimum absolute atomic E-state index is 0.151. The largest absolute Gasteiger partial charge is 0.426 e. The van der Waals surface area contributed by atoms with E-state index in [1.54, 1.807) is 30.3 Å². The third-order valence-corrected chi connectivity index (χ3v) is 3.44. The van der Waals surface area contributed by atoms with Gasteiger partial charge in [0.1, 0.15) is 5.75 Å². The Kier molecular flexibility index (Phi) is 4.31. The number of carbonyl (C=O) groups is 2. The van der Waals surface area contributed by atoms with Crippen molar-refractivity contribution in [2.45, 2.75) is 6.92 Å². The van der Waals surface area contributed by atoms with Crippen molar-refractivity contribution in [1.82, 2.24) is 0 Å². The summed E-state index contributed by atoms with van der Waals surface area (Å²) >= 11 is 2.11. The molecule has 0 fully saturated rings. The van der Waals surface area contributed by atoms with Gasteiger partial charge in [-0.1, -0.05) is 24.3 Å². The fourth-order valence-electron chi connectivity index (χ4n) is 1.69. The van der Waals surface area contributed by atoms with Gasteiger partial charge in [-0.15, -0.1) is 0 Å². The SMILES string of the molecule is CC(=O)Oc1ccccc1C(=O)c1ccccc1I. The van der Waals surface area contributed by atoms with Crippen LogP contribution in [0.3, 0.4) is 0 Å². The predicted molar refractivity (Wildman–Crippen MR) is 80.3 cm³/mol. The number of carbonyl (C=O) groups excluding carboxylic acids is 2. The minimum atomic E-state index is -0.442. The van der Waals surface area contributed by atoms with Gasteiger partial charge in [0.15, 0.2) is 5.78 Å². The highest BCUT2D eigenvalue weighted by atomic mass is 127. The molecular weight excluding hydrogens is 355 g/mol. The number of hydrogen-bond donors (Lipinski definition) is 0. The van der Waals surface area contributed by atoms with Crippen LogP contribution in [0.25, 0.3) is 0 Å². The van der Waals surface area contributed by atoms with Gasteiger partial charge in [-0.25, -0.2) is 0 Å². The van der Waals surface area contributed by atoms with E-state index < -0.39 is 5.97 Å². The molecule has 0 aromatic heterocycles. The van der Waals surface area contributed by atoms with E-state index in [2.05, 4.69) is 22.6 Å². The van der Waals surface area contributed by atoms with Gasteiger partial charge in [0.05, 0.1) is 5.56 Å². The van der Waals surface area contributed by atoms with Crippen LogP contribution in [0.15, 0.2) is 48.5 Å². The highest BCUT2D eigenvalue weighted by molar-refractivity contribution is 14.1. The molecule has 0 bridgehead atoms. The molecule has 0 N–H and O–H groups in total. The van der Waals surface area contributed by atoms with Crippen LogP contribution in [0.1, 0.15) is 22.8 Å². The van der Waals surface area contributed by atoms with Gasteiger partial charge < -0.3 is 4.74 Å². The third-order valence-electron chi connectivity index (χ3n) is 2.50. The highest BCUT2D eigenvalue weighted by Gasteiger charge is 2.17. The maximum absolute atomic E-state index is 12.5. The Morgan fingerprint density at radius 1 is 0.947 bits per heavy atom. The van der Waals surface area contributed by atoms with Gasteiger partial charge in [-0.05, 0) is 46.9 Å². The van der Waals surface area contributed by atoms with Crippen molar-refractivity contribution >= 4 is 34.3 Å². The maximum Gasteiger partial charge on any atom is 0.308 e. The fraction of sp³-hybridized carbons (Fsp3) is 0.0667. The maximum atomic E-state index is 12.5. The second-order valence-electron chi connectivity index (χ2n) is 3.90. The minimum Gasteiger partial charge on any atom is -0.426 e. The second kappa shape index (κ2) is 5.97. The van der Waals surface area contributed by atoms with Gasteiger partial charge in [-0.2, -0.15) is 0 Å². The predicted octanol–water partition coefficient (Wildman–Crippen LogP) is 3.45. The molecule has 4 heteroatoms. The molecular formula is C15H11IO3. The molecule has 0 aliphatic carbocycles. The Hall–Kier alpha value is -1.69. The van der Waals surface area contributed by atoms with Crippen LogP contribution in [-0.2, 0) is 4.79 Å². The van der Waals surface area contributed by atoms with Crippen LogP contribution >= 0.6 is 22.6 Å². The zero-order valence-corrected chi connectivity index (χ0v) is 12.4. The van der Waals surface area contributed by atoms with E-state index in [4.69, 9.17) is 4.74 Å². The lowest BCUT2D eigenvalue weighted by atomic mass is 10.0. The molecule has 2 aromatic rings. The van der Waals surface area contributed by atoms with Gasteiger partial charge in [-0.3, -0.25) is 9.59 Å². The van der Waals surface area contributed by atoms with Crippen LogP contribution in [-0.4, -0.2) is 11.8 Å². The molecule has 0 aliphatic rings. The summed E-state index contributed by atoms with van der Waals surface area (Å²) in [6, 6.07) is 14.0. The molecule has 0 radical (unpaired) electrons. The summed E-state index contributed by atoms with van der Waals surface area (Å²) in [5, 5.41) is 0. The standard InChI is InChI=1S/C15H11IO3/c1-10(17)19-14-9-5-3-7-12(14)15(18)11-6-2-4-8-13(11)16/h2-9H,1H3. The highest BCUT2D eigenvalue weighted by Crippen LogP contribution is 2.23. The van der Waals surface area contributed by atoms with Crippen molar-refractivity contribution in [1.29, 1.82) is 0 Å². The van der Waals surface area contributed by atoms with E-state index in [1.165, 1.54) is 6.92 Å². The van der Waals surface area contributed by atoms with Crippen molar-refractivity contribution in [2.24, 2.45) is 0 Å². The number of rotatable bonds is 3. The molecule has 0 aliphatic heterocycles. The number of esters is 1. The Bertz CT molecular complexity index is 635. The summed E-state index contributed by atoms with van der Waals surface area (Å²) in [5.74, 6) is -0.301. The molecule has 3 nitrogen and oxygen atoms in total. The van der Waals surface area contributed by atoms with Crippen LogP contribution in [0.4, 0.5) is 0 Å². The van der Waals surface area contributed by atoms with E-state index in [0.717, 1.165) is 3.57 Å². The Balaban J connectivity index is 2.45. The van der Waals surface area contributed by atoms with Crippen molar-refractivity contribution in [3.05, 3.63) is 63.2 Å². The molecule has 96 valence electrons. The van der Waals surface area contributed by atoms with E-state index in [-0.39, 0.29) is 5.78 Å². The van der Waals surface area contributed by atoms with Gasteiger partial charge in [0.2, 0.25) is 0 Å². The summed E-state index contributed by atoms with van der Waals surface area (Å²) < 4.78 is 5.93. The second-order valence-corrected chi connectivity index (χ2v) is 5.06. The van der Waals surface area contributed by atoms with Gasteiger partial charge in [0.25, 0.3) is 0 Å². The van der Waals surface area contributed by atoms with Crippen LogP contribution in [0.2, 0.25) is 0 Å². The van der Waals surface area contributed by atoms with E-state index in [9.17, 15) is 9.59 Å². The summed E-state index contributed by atoms with van der Waals surface area (Å²) in [6.07, 6.45) is 0. The zero-order chi connectivity index (χ0) is 13.8. The quantitative estimate of drug-likeness (QED) is 0.362. The average molecular weight is 366 g/mol. The van der Waals surface area contributed by atoms with E-state index in [0.29, 0.717) is 16.9 Å². The zero-order valence-electron chi connectivity index (χ0n) is 10.2. The summed E-state index contributed by atoms with van der Waals surface area (Å²) in [5.41, 5.74) is 0.990. The van der Waals surface area contributed by atoms with E-state index in [1.807, 2.05) is 18.2 Å². The topological polar surface area (TPSA) is 43.4 Å². The lowest BCUT2D eigenvalue weighted by Crippen LogP contribution is -2.09. The first-order valence-corrected chi connectivity index (χ1v) is 6.74. The Morgan fingerprint density at radius 3 is 2.16 bits per heavy atom. The molecule has 0 saturated carbocycles. The Labute approximate surface area is 124 Å². The summed E-state index contributed by atoms with van der Waals surface area (Å²) in [7, 11) is 0. The molecule has 0 saturated heterocycles. The van der Waals surface area contributed by atoms with Crippen LogP contribution < -0.4 is 4.74 Å². The van der Waals surface area contributed by atoms with Crippen LogP contribution in [0, 0.1) is 3.57 Å². The normalized spacial score (nSPS) is 10.0. The number of halogens is 1. The van der Waals surface area contributed by atoms with Gasteiger partial charge in [0, 0.05) is 16.1 Å². The lowest BCUT2D eigenvalue weighted by molar-refractivity contribution is -0.131. The first kappa shape index (κ1) is 13.7. The van der Waals surface area contributed by atoms with Crippen LogP contribution in [0.5, 0.6) is 5.75 Å². The molecule has 19 heavy (non-hydrogen) atoms. The molecule has 0 amide bonds. The molecule has 2 rings (SSSR count). The smallest absolute Gasteiger partial charge is 0.308 e. The number of ketones is 1. The molecule has 2 aromatic carbocycles. The van der Waals surface area contributed by atoms with Crippen molar-refractivity contribution in [3.63, 3.8) is 0 Å². The Morgan fingerprint density at radius 2 is 1.53 bits per heavy atom. The number of ether oxygens (including phenoxy) is 1. The average Bonchev–Trinajstić information content (AvgIpc) is 2.38. The molecule has 0 heterocycles. The summed E-state index contributed by atoms with van der Waals surface area (Å²) in [4.78, 5) is 23.5. The van der Waals surface area contributed by atoms with Crippen molar-refractivity contribution in [2.75, 3.05) is 0 Å². The molecule has 0 spiro atoms. The lowest BCUT2D eigenvalue weighted by Gasteiger charge is -2.08. The summed E-state index contributed by atoms with van der Waals surface area (Å²) in [6.45, 7) is 1.31. The number of hydrogen-bond acceptors (Lipinski definition) is 3. The van der Waals surface area contributed by atoms with Crippen molar-refractivity contribution in [3.8, 4) is 5.75 Å². The van der Waals surface area contributed by atoms with Gasteiger partial charge >= 0.3 is 5.97 Å².